The third-order valence-corrected chi connectivity index (χ3v) is 6.58. The zero-order chi connectivity index (χ0) is 25.1. The number of Topliss-reactive ketones (excluding diaryl/α,β-unsaturated/α-hetero) is 1. The minimum absolute atomic E-state index is 0.107. The highest BCUT2D eigenvalue weighted by Gasteiger charge is 2.46. The van der Waals surface area contributed by atoms with Gasteiger partial charge in [0.05, 0.1) is 23.9 Å². The number of amides is 1. The normalized spacial score (nSPS) is 17.1. The fourth-order valence-corrected chi connectivity index (χ4v) is 4.65. The van der Waals surface area contributed by atoms with Crippen molar-refractivity contribution in [3.8, 4) is 0 Å². The van der Waals surface area contributed by atoms with E-state index < -0.39 is 17.7 Å². The molecule has 1 amide bonds. The summed E-state index contributed by atoms with van der Waals surface area (Å²) >= 11 is 0. The topological polar surface area (TPSA) is 73.7 Å². The molecule has 1 saturated heterocycles. The first kappa shape index (κ1) is 24.2. The van der Waals surface area contributed by atoms with Crippen molar-refractivity contribution in [1.29, 1.82) is 0 Å². The van der Waals surface area contributed by atoms with E-state index in [0.717, 1.165) is 35.5 Å². The number of carbonyl (C=O) groups is 2. The number of carbonyl (C=O) groups excluding carboxylic acids is 2. The average molecular weight is 470 g/mol. The van der Waals surface area contributed by atoms with Crippen molar-refractivity contribution in [2.75, 3.05) is 18.0 Å². The molecule has 1 atom stereocenters. The van der Waals surface area contributed by atoms with Gasteiger partial charge in [0.2, 0.25) is 0 Å². The molecule has 1 aliphatic rings. The molecule has 6 heteroatoms. The highest BCUT2D eigenvalue weighted by molar-refractivity contribution is 6.46. The summed E-state index contributed by atoms with van der Waals surface area (Å²) in [5, 5.41) is 11.4. The third-order valence-electron chi connectivity index (χ3n) is 6.58. The quantitative estimate of drug-likeness (QED) is 0.294. The summed E-state index contributed by atoms with van der Waals surface area (Å²) in [6, 6.07) is 18.3. The lowest BCUT2D eigenvalue weighted by atomic mass is 9.93. The number of nitrogens with zero attached hydrogens (tertiary/aromatic N) is 3. The van der Waals surface area contributed by atoms with Crippen LogP contribution in [0.5, 0.6) is 0 Å². The van der Waals surface area contributed by atoms with E-state index in [9.17, 15) is 14.7 Å². The molecule has 1 aromatic heterocycles. The van der Waals surface area contributed by atoms with Gasteiger partial charge in [-0.25, -0.2) is 0 Å². The molecular formula is C29H31N3O3. The van der Waals surface area contributed by atoms with Gasteiger partial charge >= 0.3 is 0 Å². The highest BCUT2D eigenvalue weighted by atomic mass is 16.3. The smallest absolute Gasteiger partial charge is 0.296 e. The molecule has 1 aliphatic heterocycles. The number of aryl methyl sites for hydroxylation is 2. The summed E-state index contributed by atoms with van der Waals surface area (Å²) in [6.45, 7) is 9.93. The van der Waals surface area contributed by atoms with Gasteiger partial charge in [0.25, 0.3) is 11.7 Å². The first-order valence-corrected chi connectivity index (χ1v) is 12.0. The molecule has 0 spiro atoms. The van der Waals surface area contributed by atoms with Crippen LogP contribution in [0.3, 0.4) is 0 Å². The van der Waals surface area contributed by atoms with Gasteiger partial charge in [-0.3, -0.25) is 14.6 Å². The standard InChI is InChI=1S/C29H31N3O3/c1-5-31(6-2)23-14-12-21(13-15-23)26-25(27(33)24-17-19(3)10-11-20(24)4)28(34)29(35)32(26)18-22-9-7-8-16-30-22/h7-17,26,33H,5-6,18H2,1-4H3/b27-25+. The summed E-state index contributed by atoms with van der Waals surface area (Å²) in [5.41, 5.74) is 4.96. The van der Waals surface area contributed by atoms with Gasteiger partial charge in [-0.15, -0.1) is 0 Å². The fraction of sp³-hybridized carbons (Fsp3) is 0.276. The Hall–Kier alpha value is -3.93. The van der Waals surface area contributed by atoms with E-state index in [1.807, 2.05) is 74.5 Å². The number of likely N-dealkylation sites (tertiary alicyclic amines) is 1. The summed E-state index contributed by atoms with van der Waals surface area (Å²) in [5.74, 6) is -1.47. The first-order valence-electron chi connectivity index (χ1n) is 12.0. The Bertz CT molecular complexity index is 1260. The van der Waals surface area contributed by atoms with Crippen LogP contribution in [0.4, 0.5) is 5.69 Å². The Morgan fingerprint density at radius 1 is 1.00 bits per heavy atom. The lowest BCUT2D eigenvalue weighted by Gasteiger charge is -2.26. The number of hydrogen-bond acceptors (Lipinski definition) is 5. The Morgan fingerprint density at radius 3 is 2.34 bits per heavy atom. The van der Waals surface area contributed by atoms with Crippen LogP contribution in [0, 0.1) is 13.8 Å². The lowest BCUT2D eigenvalue weighted by Crippen LogP contribution is -2.29. The molecule has 6 nitrogen and oxygen atoms in total. The van der Waals surface area contributed by atoms with Crippen molar-refractivity contribution in [3.05, 3.63) is 100 Å². The average Bonchev–Trinajstić information content (AvgIpc) is 3.12. The number of aromatic nitrogens is 1. The van der Waals surface area contributed by atoms with Gasteiger partial charge in [-0.1, -0.05) is 35.9 Å². The van der Waals surface area contributed by atoms with Crippen LogP contribution in [-0.4, -0.2) is 39.8 Å². The molecule has 0 bridgehead atoms. The largest absolute Gasteiger partial charge is 0.507 e. The number of anilines is 1. The number of benzene rings is 2. The molecule has 1 N–H and O–H groups in total. The van der Waals surface area contributed by atoms with Crippen molar-refractivity contribution in [1.82, 2.24) is 9.88 Å². The maximum absolute atomic E-state index is 13.3. The van der Waals surface area contributed by atoms with Crippen LogP contribution in [0.25, 0.3) is 5.76 Å². The van der Waals surface area contributed by atoms with E-state index in [0.29, 0.717) is 11.3 Å². The van der Waals surface area contributed by atoms with Crippen LogP contribution >= 0.6 is 0 Å². The highest BCUT2D eigenvalue weighted by Crippen LogP contribution is 2.41. The van der Waals surface area contributed by atoms with Crippen LogP contribution in [-0.2, 0) is 16.1 Å². The number of aliphatic hydroxyl groups is 1. The molecule has 4 rings (SSSR count). The molecule has 180 valence electrons. The first-order chi connectivity index (χ1) is 16.8. The molecule has 0 radical (unpaired) electrons. The zero-order valence-corrected chi connectivity index (χ0v) is 20.7. The predicted octanol–water partition coefficient (Wildman–Crippen LogP) is 5.17. The molecular weight excluding hydrogens is 438 g/mol. The Kier molecular flexibility index (Phi) is 7.01. The van der Waals surface area contributed by atoms with Crippen molar-refractivity contribution >= 4 is 23.1 Å². The SMILES string of the molecule is CCN(CC)c1ccc(C2/C(=C(\O)c3cc(C)ccc3C)C(=O)C(=O)N2Cc2ccccn2)cc1. The van der Waals surface area contributed by atoms with Gasteiger partial charge in [0.15, 0.2) is 0 Å². The van der Waals surface area contributed by atoms with E-state index in [-0.39, 0.29) is 17.9 Å². The molecule has 2 aromatic carbocycles. The second kappa shape index (κ2) is 10.1. The molecule has 1 fully saturated rings. The molecule has 1 unspecified atom stereocenters. The molecule has 0 aliphatic carbocycles. The molecule has 2 heterocycles. The maximum atomic E-state index is 13.3. The summed E-state index contributed by atoms with van der Waals surface area (Å²) in [6.07, 6.45) is 1.66. The van der Waals surface area contributed by atoms with E-state index in [2.05, 4.69) is 23.7 Å². The van der Waals surface area contributed by atoms with Gasteiger partial charge in [-0.2, -0.15) is 0 Å². The second-order valence-corrected chi connectivity index (χ2v) is 8.83. The molecule has 3 aromatic rings. The van der Waals surface area contributed by atoms with Crippen LogP contribution in [0.15, 0.2) is 72.4 Å². The Morgan fingerprint density at radius 2 is 1.71 bits per heavy atom. The summed E-state index contributed by atoms with van der Waals surface area (Å²) < 4.78 is 0. The number of aliphatic hydroxyl groups excluding tert-OH is 1. The Balaban J connectivity index is 1.86. The minimum atomic E-state index is -0.720. The minimum Gasteiger partial charge on any atom is -0.507 e. The number of ketones is 1. The molecule has 35 heavy (non-hydrogen) atoms. The van der Waals surface area contributed by atoms with E-state index in [1.54, 1.807) is 6.20 Å². The van der Waals surface area contributed by atoms with Crippen LogP contribution in [0.2, 0.25) is 0 Å². The summed E-state index contributed by atoms with van der Waals surface area (Å²) in [7, 11) is 0. The zero-order valence-electron chi connectivity index (χ0n) is 20.7. The monoisotopic (exact) mass is 469 g/mol. The van der Waals surface area contributed by atoms with Crippen LogP contribution in [0.1, 0.15) is 47.8 Å². The van der Waals surface area contributed by atoms with E-state index in [4.69, 9.17) is 0 Å². The van der Waals surface area contributed by atoms with E-state index in [1.165, 1.54) is 4.90 Å². The van der Waals surface area contributed by atoms with Crippen molar-refractivity contribution in [2.45, 2.75) is 40.3 Å². The maximum Gasteiger partial charge on any atom is 0.296 e. The van der Waals surface area contributed by atoms with Gasteiger partial charge < -0.3 is 14.9 Å². The predicted molar refractivity (Wildman–Crippen MR) is 138 cm³/mol. The summed E-state index contributed by atoms with van der Waals surface area (Å²) in [4.78, 5) is 34.7. The third kappa shape index (κ3) is 4.69. The van der Waals surface area contributed by atoms with Gasteiger partial charge in [0.1, 0.15) is 5.76 Å². The number of rotatable bonds is 7. The van der Waals surface area contributed by atoms with Crippen molar-refractivity contribution in [2.24, 2.45) is 0 Å². The number of pyridine rings is 1. The van der Waals surface area contributed by atoms with Crippen LogP contribution < -0.4 is 4.90 Å². The van der Waals surface area contributed by atoms with Crippen molar-refractivity contribution in [3.63, 3.8) is 0 Å². The van der Waals surface area contributed by atoms with Gasteiger partial charge in [0, 0.05) is 30.5 Å². The number of hydrogen-bond donors (Lipinski definition) is 1. The van der Waals surface area contributed by atoms with E-state index >= 15 is 0 Å². The molecule has 0 saturated carbocycles. The van der Waals surface area contributed by atoms with Crippen molar-refractivity contribution < 1.29 is 14.7 Å². The second-order valence-electron chi connectivity index (χ2n) is 8.83. The Labute approximate surface area is 206 Å². The fourth-order valence-electron chi connectivity index (χ4n) is 4.65. The van der Waals surface area contributed by atoms with Gasteiger partial charge in [-0.05, 0) is 69.2 Å². The lowest BCUT2D eigenvalue weighted by molar-refractivity contribution is -0.140.